The highest BCUT2D eigenvalue weighted by Crippen LogP contribution is 2.45. The van der Waals surface area contributed by atoms with E-state index in [1.54, 1.807) is 44.2 Å². The lowest BCUT2D eigenvalue weighted by Crippen LogP contribution is -2.32. The lowest BCUT2D eigenvalue weighted by atomic mass is 9.82. The third-order valence-electron chi connectivity index (χ3n) is 5.08. The van der Waals surface area contributed by atoms with Crippen LogP contribution < -0.4 is 20.8 Å². The highest BCUT2D eigenvalue weighted by molar-refractivity contribution is 5.95. The molecule has 0 bridgehead atoms. The number of hydrogen-bond donors (Lipinski definition) is 3. The van der Waals surface area contributed by atoms with Gasteiger partial charge in [0.15, 0.2) is 11.5 Å². The topological polar surface area (TPSA) is 124 Å². The second-order valence-corrected chi connectivity index (χ2v) is 6.94. The fourth-order valence-corrected chi connectivity index (χ4v) is 3.79. The van der Waals surface area contributed by atoms with Crippen LogP contribution in [0.1, 0.15) is 30.9 Å². The molecule has 0 spiro atoms. The van der Waals surface area contributed by atoms with Crippen LogP contribution >= 0.6 is 0 Å². The number of para-hydroxylation sites is 1. The number of carbonyl (C=O) groups excluding carboxylic acids is 1. The maximum atomic E-state index is 13.1. The van der Waals surface area contributed by atoms with E-state index in [1.165, 1.54) is 6.07 Å². The third kappa shape index (κ3) is 3.46. The zero-order chi connectivity index (χ0) is 22.1. The number of nitrogens with two attached hydrogens (primary N) is 1. The smallest absolute Gasteiger partial charge is 0.340 e. The number of phenols is 1. The fourth-order valence-electron chi connectivity index (χ4n) is 3.79. The standard InChI is InChI=1S/C23H22N2O6/c1-3-29-16-11-12(9-10-15(16)26)17-18-20(31-21(24)19(17)23(28)30-4-2)13-7-5-6-8-14(13)25-22(18)27/h5-11,17,26H,3-4,24H2,1-2H3,(H,25,27). The maximum Gasteiger partial charge on any atom is 0.340 e. The fraction of sp³-hybridized carbons (Fsp3) is 0.217. The highest BCUT2D eigenvalue weighted by atomic mass is 16.5. The number of esters is 1. The van der Waals surface area contributed by atoms with Gasteiger partial charge in [-0.25, -0.2) is 4.79 Å². The Morgan fingerprint density at radius 1 is 1.19 bits per heavy atom. The van der Waals surface area contributed by atoms with E-state index in [0.717, 1.165) is 0 Å². The van der Waals surface area contributed by atoms with Crippen LogP contribution in [0.2, 0.25) is 0 Å². The van der Waals surface area contributed by atoms with Crippen LogP contribution in [0.4, 0.5) is 0 Å². The van der Waals surface area contributed by atoms with Gasteiger partial charge in [-0.1, -0.05) is 18.2 Å². The van der Waals surface area contributed by atoms with Crippen molar-refractivity contribution in [2.24, 2.45) is 5.73 Å². The summed E-state index contributed by atoms with van der Waals surface area (Å²) in [5, 5.41) is 10.8. The summed E-state index contributed by atoms with van der Waals surface area (Å²) in [7, 11) is 0. The summed E-state index contributed by atoms with van der Waals surface area (Å²) in [6, 6.07) is 11.8. The molecule has 1 atom stereocenters. The predicted molar refractivity (Wildman–Crippen MR) is 114 cm³/mol. The van der Waals surface area contributed by atoms with Gasteiger partial charge >= 0.3 is 5.97 Å². The minimum absolute atomic E-state index is 0.0169. The van der Waals surface area contributed by atoms with Crippen molar-refractivity contribution in [3.63, 3.8) is 0 Å². The number of hydrogen-bond acceptors (Lipinski definition) is 7. The molecule has 8 nitrogen and oxygen atoms in total. The molecule has 0 fully saturated rings. The summed E-state index contributed by atoms with van der Waals surface area (Å²) in [6.45, 7) is 3.92. The molecule has 4 N–H and O–H groups in total. The number of nitrogens with one attached hydrogen (secondary N) is 1. The average Bonchev–Trinajstić information content (AvgIpc) is 2.75. The van der Waals surface area contributed by atoms with Gasteiger partial charge in [-0.05, 0) is 43.7 Å². The summed E-state index contributed by atoms with van der Waals surface area (Å²) < 4.78 is 16.5. The largest absolute Gasteiger partial charge is 0.504 e. The van der Waals surface area contributed by atoms with Crippen molar-refractivity contribution >= 4 is 16.9 Å². The van der Waals surface area contributed by atoms with Crippen molar-refractivity contribution in [2.75, 3.05) is 13.2 Å². The Bertz CT molecular complexity index is 1260. The number of carbonyl (C=O) groups is 1. The average molecular weight is 422 g/mol. The number of aromatic hydroxyl groups is 1. The molecule has 0 saturated heterocycles. The molecule has 3 aromatic rings. The minimum Gasteiger partial charge on any atom is -0.504 e. The number of aromatic amines is 1. The van der Waals surface area contributed by atoms with Crippen LogP contribution in [0.5, 0.6) is 17.2 Å². The Morgan fingerprint density at radius 3 is 2.71 bits per heavy atom. The van der Waals surface area contributed by atoms with Gasteiger partial charge in [0, 0.05) is 5.39 Å². The van der Waals surface area contributed by atoms with E-state index in [9.17, 15) is 14.7 Å². The van der Waals surface area contributed by atoms with Gasteiger partial charge in [-0.15, -0.1) is 0 Å². The number of pyridine rings is 1. The first kappa shape index (κ1) is 20.3. The molecule has 0 radical (unpaired) electrons. The number of rotatable bonds is 5. The van der Waals surface area contributed by atoms with Gasteiger partial charge in [0.2, 0.25) is 5.88 Å². The monoisotopic (exact) mass is 422 g/mol. The van der Waals surface area contributed by atoms with E-state index < -0.39 is 17.4 Å². The Hall–Kier alpha value is -3.94. The molecule has 2 aromatic carbocycles. The van der Waals surface area contributed by atoms with Crippen LogP contribution in [0.3, 0.4) is 0 Å². The Balaban J connectivity index is 2.02. The molecule has 0 aliphatic carbocycles. The van der Waals surface area contributed by atoms with Crippen molar-refractivity contribution in [3.05, 3.63) is 75.4 Å². The Labute approximate surface area is 177 Å². The summed E-state index contributed by atoms with van der Waals surface area (Å²) in [5.74, 6) is -1.25. The molecular weight excluding hydrogens is 400 g/mol. The van der Waals surface area contributed by atoms with Crippen LogP contribution in [-0.2, 0) is 9.53 Å². The molecule has 160 valence electrons. The van der Waals surface area contributed by atoms with E-state index in [-0.39, 0.29) is 40.9 Å². The van der Waals surface area contributed by atoms with Crippen LogP contribution in [0.25, 0.3) is 10.9 Å². The van der Waals surface area contributed by atoms with E-state index in [1.807, 2.05) is 6.07 Å². The van der Waals surface area contributed by atoms with Crippen LogP contribution in [0, 0.1) is 0 Å². The van der Waals surface area contributed by atoms with E-state index in [2.05, 4.69) is 4.98 Å². The number of aromatic nitrogens is 1. The first-order valence-electron chi connectivity index (χ1n) is 9.91. The minimum atomic E-state index is -0.879. The summed E-state index contributed by atoms with van der Waals surface area (Å²) in [6.07, 6.45) is 0. The summed E-state index contributed by atoms with van der Waals surface area (Å²) in [4.78, 5) is 28.8. The second-order valence-electron chi connectivity index (χ2n) is 6.94. The lowest BCUT2D eigenvalue weighted by molar-refractivity contribution is -0.139. The molecule has 1 aliphatic heterocycles. The SMILES string of the molecule is CCOC(=O)C1=C(N)Oc2c(c(=O)[nH]c3ccccc23)C1c1ccc(O)c(OCC)c1. The third-order valence-corrected chi connectivity index (χ3v) is 5.08. The lowest BCUT2D eigenvalue weighted by Gasteiger charge is -2.28. The van der Waals surface area contributed by atoms with E-state index >= 15 is 0 Å². The second kappa shape index (κ2) is 8.06. The molecule has 0 saturated carbocycles. The van der Waals surface area contributed by atoms with Crippen molar-refractivity contribution < 1.29 is 24.1 Å². The van der Waals surface area contributed by atoms with Gasteiger partial charge in [0.05, 0.1) is 30.2 Å². The van der Waals surface area contributed by atoms with E-state index in [4.69, 9.17) is 19.9 Å². The summed E-state index contributed by atoms with van der Waals surface area (Å²) in [5.41, 5.74) is 7.12. The van der Waals surface area contributed by atoms with Gasteiger partial charge in [0.1, 0.15) is 11.3 Å². The number of benzene rings is 2. The van der Waals surface area contributed by atoms with Crippen molar-refractivity contribution in [1.82, 2.24) is 4.98 Å². The van der Waals surface area contributed by atoms with Gasteiger partial charge in [0.25, 0.3) is 5.56 Å². The van der Waals surface area contributed by atoms with Crippen molar-refractivity contribution in [3.8, 4) is 17.2 Å². The first-order valence-corrected chi connectivity index (χ1v) is 9.91. The molecule has 31 heavy (non-hydrogen) atoms. The Morgan fingerprint density at radius 2 is 1.97 bits per heavy atom. The Kier molecular flexibility index (Phi) is 5.29. The quantitative estimate of drug-likeness (QED) is 0.540. The molecule has 1 aliphatic rings. The molecule has 2 heterocycles. The molecule has 1 unspecified atom stereocenters. The normalized spacial score (nSPS) is 15.4. The molecule has 0 amide bonds. The van der Waals surface area contributed by atoms with Gasteiger partial charge in [-0.3, -0.25) is 4.79 Å². The van der Waals surface area contributed by atoms with Crippen LogP contribution in [0.15, 0.2) is 58.7 Å². The van der Waals surface area contributed by atoms with Gasteiger partial charge < -0.3 is 30.0 Å². The van der Waals surface area contributed by atoms with E-state index in [0.29, 0.717) is 23.1 Å². The number of phenolic OH excluding ortho intramolecular Hbond substituents is 1. The van der Waals surface area contributed by atoms with Gasteiger partial charge in [-0.2, -0.15) is 0 Å². The highest BCUT2D eigenvalue weighted by Gasteiger charge is 2.38. The zero-order valence-electron chi connectivity index (χ0n) is 17.1. The molecule has 8 heteroatoms. The molecular formula is C23H22N2O6. The van der Waals surface area contributed by atoms with Crippen LogP contribution in [-0.4, -0.2) is 29.3 Å². The molecule has 4 rings (SSSR count). The summed E-state index contributed by atoms with van der Waals surface area (Å²) >= 11 is 0. The zero-order valence-corrected chi connectivity index (χ0v) is 17.1. The number of fused-ring (bicyclic) bond motifs is 3. The van der Waals surface area contributed by atoms with Crippen molar-refractivity contribution in [2.45, 2.75) is 19.8 Å². The number of ether oxygens (including phenoxy) is 3. The predicted octanol–water partition coefficient (Wildman–Crippen LogP) is 2.89. The maximum absolute atomic E-state index is 13.1. The number of H-pyrrole nitrogens is 1. The first-order chi connectivity index (χ1) is 15.0. The van der Waals surface area contributed by atoms with Crippen molar-refractivity contribution in [1.29, 1.82) is 0 Å². The molecule has 1 aromatic heterocycles.